The molecule has 1 aromatic rings. The molecule has 6 heteroatoms. The third kappa shape index (κ3) is 3.97. The Morgan fingerprint density at radius 2 is 2.21 bits per heavy atom. The lowest BCUT2D eigenvalue weighted by molar-refractivity contribution is 0.0844. The summed E-state index contributed by atoms with van der Waals surface area (Å²) in [7, 11) is 1.50. The molecule has 1 atom stereocenters. The van der Waals surface area contributed by atoms with E-state index in [-0.39, 0.29) is 12.5 Å². The second kappa shape index (κ2) is 6.76. The van der Waals surface area contributed by atoms with E-state index in [0.717, 1.165) is 3.57 Å². The summed E-state index contributed by atoms with van der Waals surface area (Å²) in [5.74, 6) is 0.149. The number of carbonyl (C=O) groups is 1. The first-order chi connectivity index (χ1) is 8.86. The van der Waals surface area contributed by atoms with Crippen LogP contribution in [0.25, 0.3) is 0 Å². The van der Waals surface area contributed by atoms with E-state index in [2.05, 4.69) is 27.9 Å². The molecule has 0 spiro atoms. The van der Waals surface area contributed by atoms with E-state index in [1.165, 1.54) is 7.11 Å². The summed E-state index contributed by atoms with van der Waals surface area (Å²) in [6.45, 7) is 3.55. The monoisotopic (exact) mass is 397 g/mol. The van der Waals surface area contributed by atoms with Crippen LogP contribution in [0.3, 0.4) is 0 Å². The summed E-state index contributed by atoms with van der Waals surface area (Å²) in [5, 5.41) is 12.6. The van der Waals surface area contributed by atoms with Crippen LogP contribution in [0.2, 0.25) is 5.02 Å². The van der Waals surface area contributed by atoms with E-state index in [1.807, 2.05) is 6.92 Å². The first-order valence-corrected chi connectivity index (χ1v) is 7.29. The van der Waals surface area contributed by atoms with Crippen molar-refractivity contribution in [3.8, 4) is 5.75 Å². The lowest BCUT2D eigenvalue weighted by Gasteiger charge is -2.27. The second-order valence-electron chi connectivity index (χ2n) is 4.49. The lowest BCUT2D eigenvalue weighted by Crippen LogP contribution is -2.48. The normalized spacial score (nSPS) is 13.8. The number of carbonyl (C=O) groups excluding carboxylic acids is 1. The SMILES string of the molecule is CCC(C)(CO)NC(=O)c1cc(Cl)c(I)cc1OC. The van der Waals surface area contributed by atoms with Gasteiger partial charge in [-0.25, -0.2) is 0 Å². The zero-order valence-corrected chi connectivity index (χ0v) is 14.0. The Morgan fingerprint density at radius 3 is 2.68 bits per heavy atom. The fourth-order valence-electron chi connectivity index (χ4n) is 1.46. The van der Waals surface area contributed by atoms with Crippen LogP contribution in [0.1, 0.15) is 30.6 Å². The highest BCUT2D eigenvalue weighted by atomic mass is 127. The Bertz CT molecular complexity index is 475. The molecule has 0 radical (unpaired) electrons. The molecule has 0 aliphatic carbocycles. The number of ether oxygens (including phenoxy) is 1. The number of benzene rings is 1. The van der Waals surface area contributed by atoms with Gasteiger partial charge in [-0.15, -0.1) is 0 Å². The maximum atomic E-state index is 12.3. The number of nitrogens with one attached hydrogen (secondary N) is 1. The molecule has 1 amide bonds. The zero-order chi connectivity index (χ0) is 14.6. The minimum atomic E-state index is -0.655. The molecule has 4 nitrogen and oxygen atoms in total. The fourth-order valence-corrected chi connectivity index (χ4v) is 2.06. The number of hydrogen-bond acceptors (Lipinski definition) is 3. The maximum Gasteiger partial charge on any atom is 0.255 e. The smallest absolute Gasteiger partial charge is 0.255 e. The highest BCUT2D eigenvalue weighted by Gasteiger charge is 2.25. The van der Waals surface area contributed by atoms with Crippen LogP contribution in [0, 0.1) is 3.57 Å². The zero-order valence-electron chi connectivity index (χ0n) is 11.1. The molecule has 1 rings (SSSR count). The van der Waals surface area contributed by atoms with E-state index in [4.69, 9.17) is 16.3 Å². The molecule has 0 heterocycles. The van der Waals surface area contributed by atoms with Gasteiger partial charge in [-0.1, -0.05) is 18.5 Å². The minimum absolute atomic E-state index is 0.129. The Kier molecular flexibility index (Phi) is 5.88. The van der Waals surface area contributed by atoms with Crippen LogP contribution >= 0.6 is 34.2 Å². The molecule has 0 saturated heterocycles. The average molecular weight is 398 g/mol. The van der Waals surface area contributed by atoms with Gasteiger partial charge in [-0.05, 0) is 48.1 Å². The number of methoxy groups -OCH3 is 1. The van der Waals surface area contributed by atoms with Crippen LogP contribution in [0.4, 0.5) is 0 Å². The van der Waals surface area contributed by atoms with Crippen LogP contribution < -0.4 is 10.1 Å². The highest BCUT2D eigenvalue weighted by Crippen LogP contribution is 2.28. The molecule has 2 N–H and O–H groups in total. The number of amides is 1. The molecule has 1 unspecified atom stereocenters. The lowest BCUT2D eigenvalue weighted by atomic mass is 9.99. The van der Waals surface area contributed by atoms with Crippen molar-refractivity contribution in [1.29, 1.82) is 0 Å². The highest BCUT2D eigenvalue weighted by molar-refractivity contribution is 14.1. The standard InChI is InChI=1S/C13H17ClINO3/c1-4-13(2,7-17)16-12(18)8-5-9(14)10(15)6-11(8)19-3/h5-6,17H,4,7H2,1-3H3,(H,16,18). The molecular formula is C13H17ClINO3. The maximum absolute atomic E-state index is 12.3. The number of halogens is 2. The van der Waals surface area contributed by atoms with Crippen molar-refractivity contribution in [2.24, 2.45) is 0 Å². The van der Waals surface area contributed by atoms with Gasteiger partial charge in [0, 0.05) is 3.57 Å². The number of aliphatic hydroxyl groups is 1. The van der Waals surface area contributed by atoms with Crippen molar-refractivity contribution < 1.29 is 14.6 Å². The van der Waals surface area contributed by atoms with Crippen LogP contribution in [0.15, 0.2) is 12.1 Å². The van der Waals surface area contributed by atoms with Crippen molar-refractivity contribution in [1.82, 2.24) is 5.32 Å². The molecule has 1 aromatic carbocycles. The van der Waals surface area contributed by atoms with E-state index >= 15 is 0 Å². The van der Waals surface area contributed by atoms with Crippen molar-refractivity contribution >= 4 is 40.1 Å². The second-order valence-corrected chi connectivity index (χ2v) is 6.06. The Labute approximate surface area is 131 Å². The molecule has 0 aliphatic rings. The molecule has 19 heavy (non-hydrogen) atoms. The summed E-state index contributed by atoms with van der Waals surface area (Å²) in [5.41, 5.74) is -0.293. The van der Waals surface area contributed by atoms with Gasteiger partial charge < -0.3 is 15.2 Å². The Balaban J connectivity index is 3.09. The van der Waals surface area contributed by atoms with Crippen molar-refractivity contribution in [2.45, 2.75) is 25.8 Å². The van der Waals surface area contributed by atoms with Crippen LogP contribution in [-0.4, -0.2) is 30.3 Å². The van der Waals surface area contributed by atoms with E-state index < -0.39 is 5.54 Å². The summed E-state index contributed by atoms with van der Waals surface area (Å²) in [4.78, 5) is 12.3. The topological polar surface area (TPSA) is 58.6 Å². The number of hydrogen-bond donors (Lipinski definition) is 2. The molecule has 0 aromatic heterocycles. The Hall–Kier alpha value is -0.530. The van der Waals surface area contributed by atoms with Crippen LogP contribution in [-0.2, 0) is 0 Å². The third-order valence-electron chi connectivity index (χ3n) is 3.03. The van der Waals surface area contributed by atoms with Crippen molar-refractivity contribution in [2.75, 3.05) is 13.7 Å². The molecule has 106 valence electrons. The molecule has 0 aliphatic heterocycles. The first-order valence-electron chi connectivity index (χ1n) is 5.83. The van der Waals surface area contributed by atoms with Gasteiger partial charge in [0.05, 0.1) is 29.8 Å². The van der Waals surface area contributed by atoms with Gasteiger partial charge in [0.1, 0.15) is 5.75 Å². The van der Waals surface area contributed by atoms with Gasteiger partial charge in [-0.2, -0.15) is 0 Å². The summed E-state index contributed by atoms with van der Waals surface area (Å²) >= 11 is 8.11. The molecular weight excluding hydrogens is 381 g/mol. The van der Waals surface area contributed by atoms with Gasteiger partial charge in [0.2, 0.25) is 0 Å². The summed E-state index contributed by atoms with van der Waals surface area (Å²) in [6.07, 6.45) is 0.621. The quantitative estimate of drug-likeness (QED) is 0.751. The number of aliphatic hydroxyl groups excluding tert-OH is 1. The summed E-state index contributed by atoms with van der Waals surface area (Å²) < 4.78 is 6.01. The fraction of sp³-hybridized carbons (Fsp3) is 0.462. The Morgan fingerprint density at radius 1 is 1.58 bits per heavy atom. The van der Waals surface area contributed by atoms with E-state index in [1.54, 1.807) is 19.1 Å². The largest absolute Gasteiger partial charge is 0.496 e. The summed E-state index contributed by atoms with van der Waals surface area (Å²) in [6, 6.07) is 3.28. The van der Waals surface area contributed by atoms with E-state index in [0.29, 0.717) is 22.8 Å². The minimum Gasteiger partial charge on any atom is -0.496 e. The van der Waals surface area contributed by atoms with E-state index in [9.17, 15) is 9.90 Å². The average Bonchev–Trinajstić information content (AvgIpc) is 2.40. The molecule has 0 fully saturated rings. The predicted octanol–water partition coefficient (Wildman–Crippen LogP) is 2.84. The van der Waals surface area contributed by atoms with Gasteiger partial charge in [0.25, 0.3) is 5.91 Å². The molecule has 0 bridgehead atoms. The van der Waals surface area contributed by atoms with Gasteiger partial charge >= 0.3 is 0 Å². The van der Waals surface area contributed by atoms with Gasteiger partial charge in [0.15, 0.2) is 0 Å². The van der Waals surface area contributed by atoms with Crippen molar-refractivity contribution in [3.63, 3.8) is 0 Å². The first kappa shape index (κ1) is 16.5. The van der Waals surface area contributed by atoms with Crippen LogP contribution in [0.5, 0.6) is 5.75 Å². The van der Waals surface area contributed by atoms with Crippen molar-refractivity contribution in [3.05, 3.63) is 26.3 Å². The predicted molar refractivity (Wildman–Crippen MR) is 84.0 cm³/mol. The number of rotatable bonds is 5. The molecule has 0 saturated carbocycles. The third-order valence-corrected chi connectivity index (χ3v) is 4.56. The van der Waals surface area contributed by atoms with Gasteiger partial charge in [-0.3, -0.25) is 4.79 Å².